The Hall–Kier alpha value is -4.25. The smallest absolute Gasteiger partial charge is 0.178 e. The molecule has 35 heavy (non-hydrogen) atoms. The van der Waals surface area contributed by atoms with Crippen molar-refractivity contribution in [3.8, 4) is 22.6 Å². The molecule has 5 rings (SSSR count). The number of aliphatic imine (C=N–C) groups is 1. The summed E-state index contributed by atoms with van der Waals surface area (Å²) in [7, 11) is 3.24. The first kappa shape index (κ1) is 22.5. The van der Waals surface area contributed by atoms with Crippen LogP contribution in [0.2, 0.25) is 0 Å². The molecule has 0 aromatic heterocycles. The van der Waals surface area contributed by atoms with E-state index >= 15 is 0 Å². The molecule has 4 aromatic rings. The summed E-state index contributed by atoms with van der Waals surface area (Å²) in [5, 5.41) is 1.69. The lowest BCUT2D eigenvalue weighted by Crippen LogP contribution is -2.09. The van der Waals surface area contributed by atoms with E-state index in [0.29, 0.717) is 30.0 Å². The van der Waals surface area contributed by atoms with Gasteiger partial charge in [-0.15, -0.1) is 0 Å². The van der Waals surface area contributed by atoms with Crippen LogP contribution in [-0.2, 0) is 17.8 Å². The fourth-order valence-corrected chi connectivity index (χ4v) is 4.63. The molecule has 1 heterocycles. The van der Waals surface area contributed by atoms with Crippen molar-refractivity contribution in [3.05, 3.63) is 95.1 Å². The first-order chi connectivity index (χ1) is 17.0. The second-order valence-corrected chi connectivity index (χ2v) is 8.62. The molecule has 5 heteroatoms. The van der Waals surface area contributed by atoms with E-state index in [0.717, 1.165) is 44.3 Å². The van der Waals surface area contributed by atoms with Gasteiger partial charge in [-0.1, -0.05) is 36.4 Å². The van der Waals surface area contributed by atoms with Crippen LogP contribution in [0.15, 0.2) is 77.8 Å². The van der Waals surface area contributed by atoms with Gasteiger partial charge in [0.2, 0.25) is 0 Å². The summed E-state index contributed by atoms with van der Waals surface area (Å²) < 4.78 is 10.9. The number of hydrogen-bond acceptors (Lipinski definition) is 5. The van der Waals surface area contributed by atoms with Gasteiger partial charge >= 0.3 is 0 Å². The molecule has 0 amide bonds. The first-order valence-electron chi connectivity index (χ1n) is 11.4. The van der Waals surface area contributed by atoms with Gasteiger partial charge in [0.1, 0.15) is 17.2 Å². The first-order valence-corrected chi connectivity index (χ1v) is 11.4. The van der Waals surface area contributed by atoms with Crippen molar-refractivity contribution in [2.24, 2.45) is 4.99 Å². The molecule has 4 aromatic carbocycles. The normalized spacial score (nSPS) is 12.3. The number of Topliss-reactive ketones (excluding diaryl/α,β-unsaturated/α-hetero) is 2. The number of ketones is 2. The maximum atomic E-state index is 13.3. The molecule has 0 unspecified atom stereocenters. The summed E-state index contributed by atoms with van der Waals surface area (Å²) in [6.45, 7) is 2.08. The minimum atomic E-state index is -0.00592. The van der Waals surface area contributed by atoms with Gasteiger partial charge in [0.25, 0.3) is 0 Å². The van der Waals surface area contributed by atoms with E-state index in [9.17, 15) is 9.59 Å². The summed E-state index contributed by atoms with van der Waals surface area (Å²) in [5.74, 6) is 1.44. The SMILES string of the molecule is COc1ccc2c(OC)ccc(C(=O)Cc3ccc(-c4ccc5c(c4)CN=C5C(C)=O)cc3)c2c1. The highest BCUT2D eigenvalue weighted by molar-refractivity contribution is 6.46. The predicted molar refractivity (Wildman–Crippen MR) is 138 cm³/mol. The van der Waals surface area contributed by atoms with E-state index in [1.807, 2.05) is 66.7 Å². The molecule has 5 nitrogen and oxygen atoms in total. The zero-order valence-corrected chi connectivity index (χ0v) is 19.9. The van der Waals surface area contributed by atoms with E-state index in [2.05, 4.69) is 11.1 Å². The topological polar surface area (TPSA) is 65.0 Å². The van der Waals surface area contributed by atoms with Gasteiger partial charge < -0.3 is 9.47 Å². The monoisotopic (exact) mass is 463 g/mol. The molecule has 174 valence electrons. The van der Waals surface area contributed by atoms with Crippen LogP contribution >= 0.6 is 0 Å². The van der Waals surface area contributed by atoms with Gasteiger partial charge in [0, 0.05) is 29.9 Å². The van der Waals surface area contributed by atoms with Crippen molar-refractivity contribution < 1.29 is 19.1 Å². The second-order valence-electron chi connectivity index (χ2n) is 8.62. The predicted octanol–water partition coefficient (Wildman–Crippen LogP) is 5.84. The molecule has 0 bridgehead atoms. The Labute approximate surface area is 204 Å². The Kier molecular flexibility index (Phi) is 5.91. The summed E-state index contributed by atoms with van der Waals surface area (Å²) >= 11 is 0. The summed E-state index contributed by atoms with van der Waals surface area (Å²) in [6.07, 6.45) is 0.291. The standard InChI is InChI=1S/C30H25NO4/c1-18(32)30-24-10-8-21(15-22(24)17-31-30)20-6-4-19(5-7-20)14-28(33)25-12-13-29(35-3)26-11-9-23(34-2)16-27(25)26/h4-13,15-16H,14,17H2,1-3H3. The third kappa shape index (κ3) is 4.21. The van der Waals surface area contributed by atoms with Crippen LogP contribution < -0.4 is 9.47 Å². The highest BCUT2D eigenvalue weighted by Gasteiger charge is 2.20. The molecule has 0 atom stereocenters. The quantitative estimate of drug-likeness (QED) is 0.323. The Bertz CT molecular complexity index is 1500. The van der Waals surface area contributed by atoms with Crippen molar-refractivity contribution in [1.82, 2.24) is 0 Å². The molecule has 0 saturated carbocycles. The molecule has 1 aliphatic rings. The third-order valence-electron chi connectivity index (χ3n) is 6.46. The number of rotatable bonds is 7. The highest BCUT2D eigenvalue weighted by Crippen LogP contribution is 2.32. The Morgan fingerprint density at radius 2 is 1.60 bits per heavy atom. The molecule has 0 spiro atoms. The average molecular weight is 464 g/mol. The molecule has 0 saturated heterocycles. The molecule has 0 N–H and O–H groups in total. The molecular weight excluding hydrogens is 438 g/mol. The van der Waals surface area contributed by atoms with Crippen LogP contribution in [0, 0.1) is 0 Å². The lowest BCUT2D eigenvalue weighted by Gasteiger charge is -2.12. The van der Waals surface area contributed by atoms with Crippen LogP contribution in [0.4, 0.5) is 0 Å². The molecule has 0 aliphatic carbocycles. The van der Waals surface area contributed by atoms with Crippen molar-refractivity contribution in [3.63, 3.8) is 0 Å². The largest absolute Gasteiger partial charge is 0.497 e. The lowest BCUT2D eigenvalue weighted by molar-refractivity contribution is -0.111. The van der Waals surface area contributed by atoms with Gasteiger partial charge in [-0.05, 0) is 64.0 Å². The summed E-state index contributed by atoms with van der Waals surface area (Å²) in [4.78, 5) is 29.4. The fourth-order valence-electron chi connectivity index (χ4n) is 4.63. The van der Waals surface area contributed by atoms with Crippen molar-refractivity contribution in [2.75, 3.05) is 14.2 Å². The number of ether oxygens (including phenoxy) is 2. The van der Waals surface area contributed by atoms with Crippen LogP contribution in [0.5, 0.6) is 11.5 Å². The van der Waals surface area contributed by atoms with Gasteiger partial charge in [-0.3, -0.25) is 14.6 Å². The Morgan fingerprint density at radius 1 is 0.829 bits per heavy atom. The fraction of sp³-hybridized carbons (Fsp3) is 0.167. The highest BCUT2D eigenvalue weighted by atomic mass is 16.5. The van der Waals surface area contributed by atoms with Crippen molar-refractivity contribution >= 4 is 28.1 Å². The molecular formula is C30H25NO4. The number of fused-ring (bicyclic) bond motifs is 2. The van der Waals surface area contributed by atoms with Crippen molar-refractivity contribution in [2.45, 2.75) is 19.9 Å². The van der Waals surface area contributed by atoms with E-state index in [1.165, 1.54) is 0 Å². The number of carbonyl (C=O) groups excluding carboxylic acids is 2. The lowest BCUT2D eigenvalue weighted by atomic mass is 9.94. The van der Waals surface area contributed by atoms with E-state index < -0.39 is 0 Å². The Morgan fingerprint density at radius 3 is 2.31 bits per heavy atom. The zero-order valence-electron chi connectivity index (χ0n) is 19.9. The van der Waals surface area contributed by atoms with Crippen LogP contribution in [0.25, 0.3) is 21.9 Å². The maximum Gasteiger partial charge on any atom is 0.178 e. The summed E-state index contributed by atoms with van der Waals surface area (Å²) in [5.41, 5.74) is 6.25. The minimum Gasteiger partial charge on any atom is -0.497 e. The third-order valence-corrected chi connectivity index (χ3v) is 6.46. The van der Waals surface area contributed by atoms with Crippen LogP contribution in [-0.4, -0.2) is 31.5 Å². The minimum absolute atomic E-state index is 0.00592. The van der Waals surface area contributed by atoms with E-state index in [-0.39, 0.29) is 11.6 Å². The van der Waals surface area contributed by atoms with Gasteiger partial charge in [-0.2, -0.15) is 0 Å². The number of hydrogen-bond donors (Lipinski definition) is 0. The molecule has 0 fully saturated rings. The van der Waals surface area contributed by atoms with Gasteiger partial charge in [0.05, 0.1) is 20.8 Å². The average Bonchev–Trinajstić information content (AvgIpc) is 3.31. The zero-order chi connectivity index (χ0) is 24.5. The maximum absolute atomic E-state index is 13.3. The molecule has 0 radical (unpaired) electrons. The number of benzene rings is 4. The summed E-state index contributed by atoms with van der Waals surface area (Å²) in [6, 6.07) is 23.4. The number of carbonyl (C=O) groups is 2. The second kappa shape index (κ2) is 9.18. The Balaban J connectivity index is 1.39. The van der Waals surface area contributed by atoms with Crippen molar-refractivity contribution in [1.29, 1.82) is 0 Å². The number of methoxy groups -OCH3 is 2. The van der Waals surface area contributed by atoms with Crippen LogP contribution in [0.1, 0.15) is 34.0 Å². The number of nitrogens with zero attached hydrogens (tertiary/aromatic N) is 1. The van der Waals surface area contributed by atoms with E-state index in [1.54, 1.807) is 21.1 Å². The van der Waals surface area contributed by atoms with Gasteiger partial charge in [0.15, 0.2) is 11.6 Å². The van der Waals surface area contributed by atoms with Crippen LogP contribution in [0.3, 0.4) is 0 Å². The van der Waals surface area contributed by atoms with E-state index in [4.69, 9.17) is 9.47 Å². The van der Waals surface area contributed by atoms with Gasteiger partial charge in [-0.25, -0.2) is 0 Å². The molecule has 1 aliphatic heterocycles.